The molecule has 7 heteroatoms. The van der Waals surface area contributed by atoms with E-state index in [2.05, 4.69) is 22.0 Å². The summed E-state index contributed by atoms with van der Waals surface area (Å²) < 4.78 is 13.1. The molecule has 146 valence electrons. The topological polar surface area (TPSA) is 49.0 Å². The molecule has 0 unspecified atom stereocenters. The zero-order valence-corrected chi connectivity index (χ0v) is 17.2. The molecular weight excluding hydrogens is 405 g/mol. The third kappa shape index (κ3) is 3.81. The van der Waals surface area contributed by atoms with Crippen molar-refractivity contribution in [3.63, 3.8) is 0 Å². The number of thiophene rings is 2. The predicted molar refractivity (Wildman–Crippen MR) is 116 cm³/mol. The Bertz CT molecular complexity index is 1200. The molecule has 0 saturated carbocycles. The summed E-state index contributed by atoms with van der Waals surface area (Å²) in [6, 6.07) is 14.7. The summed E-state index contributed by atoms with van der Waals surface area (Å²) in [6.07, 6.45) is 0.772. The van der Waals surface area contributed by atoms with E-state index in [0.717, 1.165) is 46.1 Å². The number of fused-ring (bicyclic) bond motifs is 1. The molecular formula is C22H18FN3OS2. The number of halogens is 1. The molecule has 29 heavy (non-hydrogen) atoms. The average Bonchev–Trinajstić information content (AvgIpc) is 3.41. The van der Waals surface area contributed by atoms with E-state index in [9.17, 15) is 9.18 Å². The van der Waals surface area contributed by atoms with Crippen molar-refractivity contribution in [3.8, 4) is 21.1 Å². The molecule has 1 N–H and O–H groups in total. The summed E-state index contributed by atoms with van der Waals surface area (Å²) in [5, 5.41) is 1.98. The summed E-state index contributed by atoms with van der Waals surface area (Å²) in [5.41, 5.74) is 2.66. The first-order chi connectivity index (χ1) is 14.2. The molecule has 4 heterocycles. The van der Waals surface area contributed by atoms with Crippen LogP contribution in [0, 0.1) is 5.82 Å². The maximum Gasteiger partial charge on any atom is 0.255 e. The maximum absolute atomic E-state index is 13.1. The number of H-pyrrole nitrogens is 1. The first-order valence-electron chi connectivity index (χ1n) is 9.39. The van der Waals surface area contributed by atoms with E-state index in [1.165, 1.54) is 17.0 Å². The molecule has 5 rings (SSSR count). The number of aromatic nitrogens is 2. The lowest BCUT2D eigenvalue weighted by Gasteiger charge is -2.27. The van der Waals surface area contributed by atoms with Crippen molar-refractivity contribution in [1.82, 2.24) is 14.9 Å². The Morgan fingerprint density at radius 1 is 1.10 bits per heavy atom. The van der Waals surface area contributed by atoms with Gasteiger partial charge in [-0.2, -0.15) is 0 Å². The van der Waals surface area contributed by atoms with Gasteiger partial charge in [-0.05, 0) is 41.3 Å². The van der Waals surface area contributed by atoms with Gasteiger partial charge in [-0.15, -0.1) is 22.7 Å². The van der Waals surface area contributed by atoms with Gasteiger partial charge in [0.15, 0.2) is 5.82 Å². The molecule has 0 radical (unpaired) electrons. The third-order valence-electron chi connectivity index (χ3n) is 5.07. The van der Waals surface area contributed by atoms with Gasteiger partial charge in [-0.25, -0.2) is 9.37 Å². The molecule has 0 amide bonds. The largest absolute Gasteiger partial charge is 0.306 e. The van der Waals surface area contributed by atoms with Crippen LogP contribution in [0.4, 0.5) is 4.39 Å². The number of aromatic amines is 1. The van der Waals surface area contributed by atoms with E-state index in [1.54, 1.807) is 34.8 Å². The zero-order chi connectivity index (χ0) is 19.8. The van der Waals surface area contributed by atoms with Crippen molar-refractivity contribution in [3.05, 3.63) is 86.2 Å². The van der Waals surface area contributed by atoms with E-state index < -0.39 is 0 Å². The van der Waals surface area contributed by atoms with Crippen LogP contribution in [0.5, 0.6) is 0 Å². The van der Waals surface area contributed by atoms with Gasteiger partial charge in [-0.1, -0.05) is 18.2 Å². The normalized spacial score (nSPS) is 14.1. The average molecular weight is 424 g/mol. The molecule has 0 aliphatic carbocycles. The van der Waals surface area contributed by atoms with Crippen LogP contribution in [-0.4, -0.2) is 21.4 Å². The summed E-state index contributed by atoms with van der Waals surface area (Å²) in [6.45, 7) is 2.26. The van der Waals surface area contributed by atoms with Crippen molar-refractivity contribution >= 4 is 22.7 Å². The van der Waals surface area contributed by atoms with Crippen LogP contribution >= 0.6 is 22.7 Å². The van der Waals surface area contributed by atoms with Crippen LogP contribution in [-0.2, 0) is 19.5 Å². The van der Waals surface area contributed by atoms with Crippen molar-refractivity contribution in [2.24, 2.45) is 0 Å². The summed E-state index contributed by atoms with van der Waals surface area (Å²) in [5.74, 6) is 0.443. The molecule has 1 aliphatic heterocycles. The van der Waals surface area contributed by atoms with Gasteiger partial charge in [0.25, 0.3) is 5.56 Å². The minimum absolute atomic E-state index is 0.0405. The highest BCUT2D eigenvalue weighted by molar-refractivity contribution is 7.15. The fraction of sp³-hybridized carbons (Fsp3) is 0.182. The Balaban J connectivity index is 1.33. The van der Waals surface area contributed by atoms with E-state index >= 15 is 0 Å². The van der Waals surface area contributed by atoms with Gasteiger partial charge in [-0.3, -0.25) is 9.69 Å². The van der Waals surface area contributed by atoms with E-state index in [1.807, 2.05) is 17.5 Å². The van der Waals surface area contributed by atoms with Gasteiger partial charge in [0.05, 0.1) is 16.1 Å². The van der Waals surface area contributed by atoms with Crippen LogP contribution < -0.4 is 5.56 Å². The first-order valence-corrected chi connectivity index (χ1v) is 11.1. The number of hydrogen-bond acceptors (Lipinski definition) is 5. The second-order valence-electron chi connectivity index (χ2n) is 7.05. The Kier molecular flexibility index (Phi) is 4.87. The second-order valence-corrected chi connectivity index (χ2v) is 9.17. The van der Waals surface area contributed by atoms with Crippen molar-refractivity contribution < 1.29 is 4.39 Å². The van der Waals surface area contributed by atoms with Crippen LogP contribution in [0.2, 0.25) is 0 Å². The highest BCUT2D eigenvalue weighted by Gasteiger charge is 2.22. The smallest absolute Gasteiger partial charge is 0.255 e. The van der Waals surface area contributed by atoms with Gasteiger partial charge in [0.2, 0.25) is 0 Å². The van der Waals surface area contributed by atoms with E-state index in [4.69, 9.17) is 4.98 Å². The fourth-order valence-corrected chi connectivity index (χ4v) is 5.32. The second kappa shape index (κ2) is 7.67. The van der Waals surface area contributed by atoms with Crippen LogP contribution in [0.15, 0.2) is 58.7 Å². The van der Waals surface area contributed by atoms with Crippen LogP contribution in [0.1, 0.15) is 16.1 Å². The number of hydrogen-bond donors (Lipinski definition) is 1. The Morgan fingerprint density at radius 2 is 1.97 bits per heavy atom. The quantitative estimate of drug-likeness (QED) is 0.507. The summed E-state index contributed by atoms with van der Waals surface area (Å²) in [4.78, 5) is 25.9. The molecule has 0 atom stereocenters. The van der Waals surface area contributed by atoms with Gasteiger partial charge >= 0.3 is 0 Å². The SMILES string of the molecule is O=c1[nH]c(-c2cccs2)nc2c1CN(Cc1ccc(-c3ccc(F)cc3)s1)CC2. The lowest BCUT2D eigenvalue weighted by atomic mass is 10.1. The highest BCUT2D eigenvalue weighted by Crippen LogP contribution is 2.30. The van der Waals surface area contributed by atoms with Crippen molar-refractivity contribution in [2.75, 3.05) is 6.54 Å². The molecule has 1 aromatic carbocycles. The minimum Gasteiger partial charge on any atom is -0.306 e. The fourth-order valence-electron chi connectivity index (χ4n) is 3.60. The van der Waals surface area contributed by atoms with E-state index in [0.29, 0.717) is 12.4 Å². The molecule has 4 aromatic rings. The predicted octanol–water partition coefficient (Wildman–Crippen LogP) is 4.92. The van der Waals surface area contributed by atoms with Crippen molar-refractivity contribution in [1.29, 1.82) is 0 Å². The Hall–Kier alpha value is -2.61. The molecule has 3 aromatic heterocycles. The number of rotatable bonds is 4. The summed E-state index contributed by atoms with van der Waals surface area (Å²) >= 11 is 3.28. The standard InChI is InChI=1S/C22H18FN3OS2/c23-15-5-3-14(4-6-15)19-8-7-16(29-19)12-26-10-9-18-17(13-26)22(27)25-21(24-18)20-2-1-11-28-20/h1-8,11H,9-10,12-13H2,(H,24,25,27). The van der Waals surface area contributed by atoms with Crippen LogP contribution in [0.25, 0.3) is 21.1 Å². The number of benzene rings is 1. The first kappa shape index (κ1) is 18.4. The monoisotopic (exact) mass is 423 g/mol. The molecule has 0 fully saturated rings. The zero-order valence-electron chi connectivity index (χ0n) is 15.5. The third-order valence-corrected chi connectivity index (χ3v) is 7.07. The van der Waals surface area contributed by atoms with Gasteiger partial charge in [0.1, 0.15) is 5.82 Å². The lowest BCUT2D eigenvalue weighted by Crippen LogP contribution is -2.35. The van der Waals surface area contributed by atoms with Crippen molar-refractivity contribution in [2.45, 2.75) is 19.5 Å². The Labute approximate surface area is 175 Å². The van der Waals surface area contributed by atoms with Gasteiger partial charge in [0, 0.05) is 35.8 Å². The molecule has 0 saturated heterocycles. The molecule has 4 nitrogen and oxygen atoms in total. The van der Waals surface area contributed by atoms with Gasteiger partial charge < -0.3 is 4.98 Å². The summed E-state index contributed by atoms with van der Waals surface area (Å²) in [7, 11) is 0. The molecule has 0 bridgehead atoms. The van der Waals surface area contributed by atoms with E-state index in [-0.39, 0.29) is 11.4 Å². The molecule has 0 spiro atoms. The highest BCUT2D eigenvalue weighted by atomic mass is 32.1. The lowest BCUT2D eigenvalue weighted by molar-refractivity contribution is 0.244. The maximum atomic E-state index is 13.1. The minimum atomic E-state index is -0.224. The number of nitrogens with one attached hydrogen (secondary N) is 1. The number of nitrogens with zero attached hydrogens (tertiary/aromatic N) is 2. The Morgan fingerprint density at radius 3 is 2.76 bits per heavy atom. The molecule has 1 aliphatic rings. The van der Waals surface area contributed by atoms with Crippen LogP contribution in [0.3, 0.4) is 0 Å².